The summed E-state index contributed by atoms with van der Waals surface area (Å²) in [6, 6.07) is 5.93. The quantitative estimate of drug-likeness (QED) is 0.763. The number of rotatable bonds is 3. The molecule has 1 aromatic heterocycles. The van der Waals surface area contributed by atoms with Gasteiger partial charge in [0.05, 0.1) is 0 Å². The molecule has 0 saturated heterocycles. The third-order valence-electron chi connectivity index (χ3n) is 2.39. The fraction of sp³-hybridized carbons (Fsp3) is 0.300. The number of benzene rings is 1. The maximum atomic E-state index is 5.32. The van der Waals surface area contributed by atoms with Crippen LogP contribution in [0.1, 0.15) is 5.56 Å². The van der Waals surface area contributed by atoms with Crippen molar-refractivity contribution in [2.75, 3.05) is 6.79 Å². The Hall–Kier alpha value is -1.76. The summed E-state index contributed by atoms with van der Waals surface area (Å²) in [6.07, 6.45) is 0. The van der Waals surface area contributed by atoms with Gasteiger partial charge in [0.1, 0.15) is 0 Å². The SMILES string of the molecule is Cn1nnnc1SCc1ccc2c(c1)OCO2. The molecule has 88 valence electrons. The van der Waals surface area contributed by atoms with Crippen molar-refractivity contribution in [3.05, 3.63) is 23.8 Å². The molecule has 3 rings (SSSR count). The van der Waals surface area contributed by atoms with E-state index in [1.54, 1.807) is 16.4 Å². The number of fused-ring (bicyclic) bond motifs is 1. The Bertz CT molecular complexity index is 543. The van der Waals surface area contributed by atoms with Crippen molar-refractivity contribution in [1.29, 1.82) is 0 Å². The van der Waals surface area contributed by atoms with E-state index in [-0.39, 0.29) is 0 Å². The van der Waals surface area contributed by atoms with Crippen molar-refractivity contribution < 1.29 is 9.47 Å². The van der Waals surface area contributed by atoms with E-state index in [2.05, 4.69) is 15.5 Å². The number of aromatic nitrogens is 4. The van der Waals surface area contributed by atoms with Gasteiger partial charge in [-0.2, -0.15) is 0 Å². The minimum absolute atomic E-state index is 0.305. The summed E-state index contributed by atoms with van der Waals surface area (Å²) in [7, 11) is 1.82. The van der Waals surface area contributed by atoms with Crippen molar-refractivity contribution >= 4 is 11.8 Å². The van der Waals surface area contributed by atoms with Gasteiger partial charge in [-0.1, -0.05) is 17.8 Å². The van der Waals surface area contributed by atoms with Crippen LogP contribution in [-0.2, 0) is 12.8 Å². The summed E-state index contributed by atoms with van der Waals surface area (Å²) in [6.45, 7) is 0.305. The Morgan fingerprint density at radius 3 is 3.06 bits per heavy atom. The Kier molecular flexibility index (Phi) is 2.60. The Balaban J connectivity index is 1.72. The minimum atomic E-state index is 0.305. The molecule has 0 N–H and O–H groups in total. The lowest BCUT2D eigenvalue weighted by Crippen LogP contribution is -1.93. The van der Waals surface area contributed by atoms with Gasteiger partial charge in [0.25, 0.3) is 0 Å². The summed E-state index contributed by atoms with van der Waals surface area (Å²) in [5, 5.41) is 12.1. The van der Waals surface area contributed by atoms with Gasteiger partial charge in [0, 0.05) is 12.8 Å². The number of hydrogen-bond donors (Lipinski definition) is 0. The molecule has 0 radical (unpaired) electrons. The molecule has 1 aliphatic rings. The molecule has 0 atom stereocenters. The number of thioether (sulfide) groups is 1. The van der Waals surface area contributed by atoms with Crippen molar-refractivity contribution in [2.45, 2.75) is 10.9 Å². The highest BCUT2D eigenvalue weighted by atomic mass is 32.2. The number of tetrazole rings is 1. The van der Waals surface area contributed by atoms with Crippen molar-refractivity contribution in [3.63, 3.8) is 0 Å². The highest BCUT2D eigenvalue weighted by Gasteiger charge is 2.13. The highest BCUT2D eigenvalue weighted by molar-refractivity contribution is 7.98. The zero-order valence-corrected chi connectivity index (χ0v) is 9.98. The molecular formula is C10H10N4O2S. The predicted octanol–water partition coefficient (Wildman–Crippen LogP) is 1.23. The second-order valence-electron chi connectivity index (χ2n) is 3.56. The monoisotopic (exact) mass is 250 g/mol. The predicted molar refractivity (Wildman–Crippen MR) is 60.9 cm³/mol. The summed E-state index contributed by atoms with van der Waals surface area (Å²) >= 11 is 1.58. The fourth-order valence-electron chi connectivity index (χ4n) is 1.52. The molecule has 2 heterocycles. The van der Waals surface area contributed by atoms with E-state index in [0.717, 1.165) is 28.0 Å². The fourth-order valence-corrected chi connectivity index (χ4v) is 2.32. The van der Waals surface area contributed by atoms with Crippen LogP contribution >= 0.6 is 11.8 Å². The Morgan fingerprint density at radius 2 is 2.24 bits per heavy atom. The second-order valence-corrected chi connectivity index (χ2v) is 4.50. The zero-order chi connectivity index (χ0) is 11.7. The van der Waals surface area contributed by atoms with Crippen LogP contribution in [0.25, 0.3) is 0 Å². The van der Waals surface area contributed by atoms with E-state index < -0.39 is 0 Å². The Labute approximate surface area is 102 Å². The lowest BCUT2D eigenvalue weighted by atomic mass is 10.2. The first-order valence-electron chi connectivity index (χ1n) is 5.06. The van der Waals surface area contributed by atoms with Gasteiger partial charge < -0.3 is 9.47 Å². The molecular weight excluding hydrogens is 240 g/mol. The summed E-state index contributed by atoms with van der Waals surface area (Å²) in [5.74, 6) is 2.41. The van der Waals surface area contributed by atoms with E-state index in [1.165, 1.54) is 0 Å². The highest BCUT2D eigenvalue weighted by Crippen LogP contribution is 2.33. The topological polar surface area (TPSA) is 62.1 Å². The van der Waals surface area contributed by atoms with Crippen LogP contribution in [0.2, 0.25) is 0 Å². The van der Waals surface area contributed by atoms with Gasteiger partial charge >= 0.3 is 0 Å². The standard InChI is InChI=1S/C10H10N4O2S/c1-14-10(11-12-13-14)17-5-7-2-3-8-9(4-7)16-6-15-8/h2-4H,5-6H2,1H3. The molecule has 1 aromatic carbocycles. The first-order valence-corrected chi connectivity index (χ1v) is 6.05. The van der Waals surface area contributed by atoms with Gasteiger partial charge in [0.15, 0.2) is 11.5 Å². The normalized spacial score (nSPS) is 13.0. The molecule has 0 saturated carbocycles. The minimum Gasteiger partial charge on any atom is -0.454 e. The number of aryl methyl sites for hydroxylation is 1. The van der Waals surface area contributed by atoms with Crippen LogP contribution < -0.4 is 9.47 Å². The molecule has 17 heavy (non-hydrogen) atoms. The summed E-state index contributed by atoms with van der Waals surface area (Å²) < 4.78 is 12.2. The third-order valence-corrected chi connectivity index (χ3v) is 3.47. The van der Waals surface area contributed by atoms with Gasteiger partial charge in [-0.3, -0.25) is 0 Å². The first kappa shape index (κ1) is 10.4. The van der Waals surface area contributed by atoms with E-state index in [4.69, 9.17) is 9.47 Å². The smallest absolute Gasteiger partial charge is 0.231 e. The van der Waals surface area contributed by atoms with Crippen molar-refractivity contribution in [2.24, 2.45) is 7.05 Å². The number of ether oxygens (including phenoxy) is 2. The van der Waals surface area contributed by atoms with Crippen LogP contribution in [0.5, 0.6) is 11.5 Å². The van der Waals surface area contributed by atoms with Gasteiger partial charge in [-0.05, 0) is 28.1 Å². The van der Waals surface area contributed by atoms with E-state index >= 15 is 0 Å². The molecule has 6 nitrogen and oxygen atoms in total. The van der Waals surface area contributed by atoms with Crippen LogP contribution in [0.15, 0.2) is 23.4 Å². The van der Waals surface area contributed by atoms with Crippen LogP contribution in [-0.4, -0.2) is 27.0 Å². The third kappa shape index (κ3) is 2.05. The Morgan fingerprint density at radius 1 is 1.35 bits per heavy atom. The van der Waals surface area contributed by atoms with Crippen molar-refractivity contribution in [1.82, 2.24) is 20.2 Å². The molecule has 0 aliphatic carbocycles. The summed E-state index contributed by atoms with van der Waals surface area (Å²) in [5.41, 5.74) is 1.15. The molecule has 0 spiro atoms. The maximum Gasteiger partial charge on any atom is 0.231 e. The molecule has 0 amide bonds. The number of nitrogens with zero attached hydrogens (tertiary/aromatic N) is 4. The van der Waals surface area contributed by atoms with Crippen LogP contribution in [0.3, 0.4) is 0 Å². The lowest BCUT2D eigenvalue weighted by molar-refractivity contribution is 0.174. The largest absolute Gasteiger partial charge is 0.454 e. The van der Waals surface area contributed by atoms with Gasteiger partial charge in [-0.25, -0.2) is 4.68 Å². The van der Waals surface area contributed by atoms with E-state index in [9.17, 15) is 0 Å². The molecule has 0 fully saturated rings. The van der Waals surface area contributed by atoms with Crippen LogP contribution in [0.4, 0.5) is 0 Å². The van der Waals surface area contributed by atoms with Crippen LogP contribution in [0, 0.1) is 0 Å². The number of hydrogen-bond acceptors (Lipinski definition) is 6. The molecule has 1 aliphatic heterocycles. The lowest BCUT2D eigenvalue weighted by Gasteiger charge is -2.02. The summed E-state index contributed by atoms with van der Waals surface area (Å²) in [4.78, 5) is 0. The second kappa shape index (κ2) is 4.25. The van der Waals surface area contributed by atoms with E-state index in [0.29, 0.717) is 6.79 Å². The van der Waals surface area contributed by atoms with E-state index in [1.807, 2.05) is 25.2 Å². The first-order chi connectivity index (χ1) is 8.33. The average Bonchev–Trinajstić information content (AvgIpc) is 2.94. The molecule has 0 bridgehead atoms. The van der Waals surface area contributed by atoms with Gasteiger partial charge in [-0.15, -0.1) is 5.10 Å². The average molecular weight is 250 g/mol. The molecule has 2 aromatic rings. The van der Waals surface area contributed by atoms with Crippen molar-refractivity contribution in [3.8, 4) is 11.5 Å². The van der Waals surface area contributed by atoms with Gasteiger partial charge in [0.2, 0.25) is 11.9 Å². The molecule has 0 unspecified atom stereocenters. The molecule has 7 heteroatoms. The zero-order valence-electron chi connectivity index (χ0n) is 9.16. The maximum absolute atomic E-state index is 5.32.